The Balaban J connectivity index is 0.000000490. The summed E-state index contributed by atoms with van der Waals surface area (Å²) in [7, 11) is 1.89. The first-order valence-electron chi connectivity index (χ1n) is 1.96. The summed E-state index contributed by atoms with van der Waals surface area (Å²) in [6.45, 7) is 0. The van der Waals surface area contributed by atoms with Crippen LogP contribution in [0.4, 0.5) is 0 Å². The molecule has 0 atom stereocenters. The monoisotopic (exact) mass is 181 g/mol. The molecule has 0 radical (unpaired) electrons. The van der Waals surface area contributed by atoms with E-state index in [1.807, 2.05) is 7.05 Å². The van der Waals surface area contributed by atoms with Crippen LogP contribution in [0.2, 0.25) is 0 Å². The minimum atomic E-state index is 0. The molecule has 0 aliphatic heterocycles. The van der Waals surface area contributed by atoms with Crippen molar-refractivity contribution < 1.29 is 30.7 Å². The van der Waals surface area contributed by atoms with Crippen LogP contribution in [0.1, 0.15) is 0 Å². The van der Waals surface area contributed by atoms with Crippen LogP contribution >= 0.6 is 0 Å². The Hall–Kier alpha value is 0.0534. The van der Waals surface area contributed by atoms with E-state index >= 15 is 0 Å². The Labute approximate surface area is 63.6 Å². The van der Waals surface area contributed by atoms with Crippen molar-refractivity contribution in [3.63, 3.8) is 0 Å². The predicted molar refractivity (Wildman–Crippen MR) is 20.6 cm³/mol. The van der Waals surface area contributed by atoms with Crippen molar-refractivity contribution in [3.05, 3.63) is 6.33 Å². The number of hydrogen-bond donors (Lipinski definition) is 0. The van der Waals surface area contributed by atoms with Gasteiger partial charge in [-0.1, -0.05) is 0 Å². The van der Waals surface area contributed by atoms with Crippen molar-refractivity contribution in [1.82, 2.24) is 14.8 Å². The fourth-order valence-electron chi connectivity index (χ4n) is 0.320. The molecule has 0 saturated heterocycles. The first-order chi connectivity index (χ1) is 3.30. The van der Waals surface area contributed by atoms with E-state index in [2.05, 4.69) is 10.1 Å². The van der Waals surface area contributed by atoms with Crippen molar-refractivity contribution >= 4 is 4.42 Å². The van der Waals surface area contributed by atoms with Crippen LogP contribution in [0.5, 0.6) is 0 Å². The minimum absolute atomic E-state index is 0. The third kappa shape index (κ3) is 1.53. The van der Waals surface area contributed by atoms with E-state index in [1.54, 1.807) is 11.0 Å². The van der Waals surface area contributed by atoms with E-state index in [0.29, 0.717) is 0 Å². The molecule has 0 fully saturated rings. The third-order valence-corrected chi connectivity index (χ3v) is 2.15. The largest absolute Gasteiger partial charge is 1.00 e. The normalized spacial score (nSPS) is 8.38. The fourth-order valence-corrected chi connectivity index (χ4v) is 0.663. The summed E-state index contributed by atoms with van der Waals surface area (Å²) in [5, 5.41) is 3.85. The molecule has 1 aromatic rings. The zero-order valence-corrected chi connectivity index (χ0v) is 8.23. The summed E-state index contributed by atoms with van der Waals surface area (Å²) in [5.41, 5.74) is 0. The maximum atomic E-state index is 3.92. The second-order valence-electron chi connectivity index (χ2n) is 1.30. The maximum absolute atomic E-state index is 3.92. The van der Waals surface area contributed by atoms with Gasteiger partial charge < -0.3 is 12.4 Å². The summed E-state index contributed by atoms with van der Waals surface area (Å²) < 4.78 is 2.85. The van der Waals surface area contributed by atoms with E-state index in [9.17, 15) is 0 Å². The van der Waals surface area contributed by atoms with Gasteiger partial charge in [-0.15, -0.1) is 0 Å². The molecule has 0 bridgehead atoms. The molecule has 1 aromatic heterocycles. The average molecular weight is 183 g/mol. The number of rotatable bonds is 0. The van der Waals surface area contributed by atoms with Gasteiger partial charge in [-0.3, -0.25) is 0 Å². The molecule has 0 unspecified atom stereocenters. The number of halogens is 1. The molecule has 1 heterocycles. The Morgan fingerprint density at radius 1 is 1.75 bits per heavy atom. The van der Waals surface area contributed by atoms with Crippen LogP contribution in [-0.4, -0.2) is 14.8 Å². The quantitative estimate of drug-likeness (QED) is 0.383. The van der Waals surface area contributed by atoms with Crippen LogP contribution in [0, 0.1) is 0 Å². The second-order valence-corrected chi connectivity index (χ2v) is 2.63. The van der Waals surface area contributed by atoms with E-state index in [-0.39, 0.29) is 12.4 Å². The van der Waals surface area contributed by atoms with Gasteiger partial charge in [-0.2, -0.15) is 0 Å². The van der Waals surface area contributed by atoms with Gasteiger partial charge in [-0.25, -0.2) is 0 Å². The zero-order valence-electron chi connectivity index (χ0n) is 4.50. The Morgan fingerprint density at radius 3 is 2.50 bits per heavy atom. The van der Waals surface area contributed by atoms with Gasteiger partial charge in [0.2, 0.25) is 0 Å². The SMILES string of the molecule is Cn1ncn[c]1[Zn+].[Cl-]. The summed E-state index contributed by atoms with van der Waals surface area (Å²) in [6, 6.07) is 0. The minimum Gasteiger partial charge on any atom is -1.00 e. The molecule has 3 nitrogen and oxygen atoms in total. The fraction of sp³-hybridized carbons (Fsp3) is 0.333. The third-order valence-electron chi connectivity index (χ3n) is 0.805. The van der Waals surface area contributed by atoms with Gasteiger partial charge in [0.15, 0.2) is 0 Å². The molecule has 0 aromatic carbocycles. The first kappa shape index (κ1) is 8.05. The number of nitrogens with zero attached hydrogens (tertiary/aromatic N) is 3. The zero-order chi connectivity index (χ0) is 5.28. The van der Waals surface area contributed by atoms with Crippen molar-refractivity contribution in [2.24, 2.45) is 7.05 Å². The summed E-state index contributed by atoms with van der Waals surface area (Å²) in [5.74, 6) is 0. The smallest absolute Gasteiger partial charge is 1.00 e. The van der Waals surface area contributed by atoms with Crippen molar-refractivity contribution in [1.29, 1.82) is 0 Å². The molecular formula is C3H4ClN3Zn. The summed E-state index contributed by atoms with van der Waals surface area (Å²) in [6.07, 6.45) is 1.57. The van der Waals surface area contributed by atoms with Crippen molar-refractivity contribution in [2.75, 3.05) is 0 Å². The van der Waals surface area contributed by atoms with Gasteiger partial charge in [0.1, 0.15) is 0 Å². The van der Waals surface area contributed by atoms with Gasteiger partial charge in [0, 0.05) is 0 Å². The Kier molecular flexibility index (Phi) is 3.17. The van der Waals surface area contributed by atoms with Gasteiger partial charge in [0.05, 0.1) is 0 Å². The van der Waals surface area contributed by atoms with E-state index in [0.717, 1.165) is 22.7 Å². The number of aromatic nitrogens is 3. The van der Waals surface area contributed by atoms with Crippen LogP contribution < -0.4 is 16.8 Å². The summed E-state index contributed by atoms with van der Waals surface area (Å²) in [4.78, 5) is 3.92. The topological polar surface area (TPSA) is 30.7 Å². The molecule has 8 heavy (non-hydrogen) atoms. The Morgan fingerprint density at radius 2 is 2.38 bits per heavy atom. The maximum Gasteiger partial charge on any atom is -1.00 e. The van der Waals surface area contributed by atoms with Crippen LogP contribution in [0.3, 0.4) is 0 Å². The number of hydrogen-bond acceptors (Lipinski definition) is 2. The van der Waals surface area contributed by atoms with Crippen LogP contribution in [0.25, 0.3) is 0 Å². The van der Waals surface area contributed by atoms with E-state index in [1.165, 1.54) is 0 Å². The van der Waals surface area contributed by atoms with Crippen LogP contribution in [-0.2, 0) is 25.3 Å². The van der Waals surface area contributed by atoms with Gasteiger partial charge >= 0.3 is 50.9 Å². The van der Waals surface area contributed by atoms with Crippen molar-refractivity contribution in [2.45, 2.75) is 0 Å². The standard InChI is InChI=1S/C3H4N3.ClH.Zn/c1-6-3-4-2-5-6;;/h2H,1H3;1H;/q;;+1/p-1. The molecule has 0 aliphatic carbocycles. The number of aryl methyl sites for hydroxylation is 1. The molecule has 0 saturated carbocycles. The molecule has 1 rings (SSSR count). The predicted octanol–water partition coefficient (Wildman–Crippen LogP) is -4.01. The Bertz CT molecular complexity index is 147. The molecule has 0 amide bonds. The molecular weight excluding hydrogens is 179 g/mol. The average Bonchev–Trinajstić information content (AvgIpc) is 1.91. The molecule has 40 valence electrons. The molecule has 0 spiro atoms. The molecule has 0 aliphatic rings. The second kappa shape index (κ2) is 3.15. The van der Waals surface area contributed by atoms with Gasteiger partial charge in [0.25, 0.3) is 0 Å². The van der Waals surface area contributed by atoms with E-state index in [4.69, 9.17) is 0 Å². The van der Waals surface area contributed by atoms with E-state index < -0.39 is 0 Å². The van der Waals surface area contributed by atoms with Crippen LogP contribution in [0.15, 0.2) is 6.33 Å². The molecule has 0 N–H and O–H groups in total. The molecule has 5 heteroatoms. The summed E-state index contributed by atoms with van der Waals surface area (Å²) >= 11 is 1.08. The van der Waals surface area contributed by atoms with Gasteiger partial charge in [-0.05, 0) is 0 Å². The van der Waals surface area contributed by atoms with Crippen molar-refractivity contribution in [3.8, 4) is 0 Å². The first-order valence-corrected chi connectivity index (χ1v) is 3.45.